The van der Waals surface area contributed by atoms with E-state index in [1.165, 1.54) is 6.21 Å². The minimum absolute atomic E-state index is 0.344. The van der Waals surface area contributed by atoms with Crippen LogP contribution in [0.15, 0.2) is 53.6 Å². The molecule has 0 aliphatic rings. The summed E-state index contributed by atoms with van der Waals surface area (Å²) < 4.78 is 32.9. The first kappa shape index (κ1) is 26.6. The van der Waals surface area contributed by atoms with Crippen LogP contribution in [0.4, 0.5) is 5.69 Å². The average molecular weight is 537 g/mol. The Hall–Kier alpha value is -3.01. The van der Waals surface area contributed by atoms with Gasteiger partial charge in [-0.05, 0) is 69.3 Å². The van der Waals surface area contributed by atoms with E-state index < -0.39 is 22.5 Å². The number of anilines is 1. The lowest BCUT2D eigenvalue weighted by Gasteiger charge is -2.21. The van der Waals surface area contributed by atoms with Gasteiger partial charge in [-0.1, -0.05) is 23.2 Å². The molecule has 1 heterocycles. The molecule has 0 spiro atoms. The van der Waals surface area contributed by atoms with Crippen molar-refractivity contribution in [2.24, 2.45) is 5.10 Å². The van der Waals surface area contributed by atoms with Crippen molar-refractivity contribution in [1.29, 1.82) is 0 Å². The number of amides is 1. The van der Waals surface area contributed by atoms with E-state index in [0.717, 1.165) is 33.2 Å². The topological polar surface area (TPSA) is 93.0 Å². The maximum Gasteiger partial charge on any atom is 0.260 e. The number of sulfonamides is 1. The smallest absolute Gasteiger partial charge is 0.260 e. The van der Waals surface area contributed by atoms with Crippen LogP contribution in [-0.2, 0) is 14.8 Å². The first-order chi connectivity index (χ1) is 16.5. The number of carbonyl (C=O) groups is 1. The van der Waals surface area contributed by atoms with Gasteiger partial charge in [-0.15, -0.1) is 0 Å². The summed E-state index contributed by atoms with van der Waals surface area (Å²) >= 11 is 12.5. The standard InChI is InChI=1S/C24H26Cl2N4O4S/c1-5-34-21-9-7-20(8-10-21)29(35(4,32)33)15-24(31)28-27-14-18-12-16(2)30(17(18)3)23-13-19(25)6-11-22(23)26/h6-14H,5,15H2,1-4H3,(H,28,31)/b27-14+. The third-order valence-corrected chi connectivity index (χ3v) is 6.83. The molecule has 3 aromatic rings. The van der Waals surface area contributed by atoms with Crippen molar-refractivity contribution in [3.8, 4) is 11.4 Å². The number of ether oxygens (including phenoxy) is 1. The molecule has 1 N–H and O–H groups in total. The molecule has 11 heteroatoms. The quantitative estimate of drug-likeness (QED) is 0.316. The minimum Gasteiger partial charge on any atom is -0.494 e. The lowest BCUT2D eigenvalue weighted by molar-refractivity contribution is -0.119. The van der Waals surface area contributed by atoms with Crippen LogP contribution >= 0.6 is 23.2 Å². The Morgan fingerprint density at radius 1 is 1.14 bits per heavy atom. The van der Waals surface area contributed by atoms with Crippen molar-refractivity contribution < 1.29 is 17.9 Å². The highest BCUT2D eigenvalue weighted by molar-refractivity contribution is 7.92. The van der Waals surface area contributed by atoms with Crippen LogP contribution in [0, 0.1) is 13.8 Å². The largest absolute Gasteiger partial charge is 0.494 e. The molecule has 0 saturated heterocycles. The van der Waals surface area contributed by atoms with E-state index in [2.05, 4.69) is 10.5 Å². The van der Waals surface area contributed by atoms with E-state index >= 15 is 0 Å². The lowest BCUT2D eigenvalue weighted by atomic mass is 10.2. The van der Waals surface area contributed by atoms with Crippen LogP contribution in [0.3, 0.4) is 0 Å². The van der Waals surface area contributed by atoms with Crippen LogP contribution in [0.25, 0.3) is 5.69 Å². The molecule has 0 fully saturated rings. The zero-order chi connectivity index (χ0) is 25.8. The van der Waals surface area contributed by atoms with Gasteiger partial charge in [0.05, 0.1) is 35.5 Å². The van der Waals surface area contributed by atoms with E-state index in [-0.39, 0.29) is 0 Å². The first-order valence-electron chi connectivity index (χ1n) is 10.7. The van der Waals surface area contributed by atoms with Gasteiger partial charge in [0, 0.05) is 22.0 Å². The van der Waals surface area contributed by atoms with Gasteiger partial charge in [0.2, 0.25) is 10.0 Å². The number of benzene rings is 2. The van der Waals surface area contributed by atoms with Crippen LogP contribution in [0.5, 0.6) is 5.75 Å². The Labute approximate surface area is 215 Å². The zero-order valence-electron chi connectivity index (χ0n) is 19.7. The second-order valence-corrected chi connectivity index (χ2v) is 10.5. The van der Waals surface area contributed by atoms with E-state index in [4.69, 9.17) is 27.9 Å². The summed E-state index contributed by atoms with van der Waals surface area (Å²) in [5.41, 5.74) is 5.97. The van der Waals surface area contributed by atoms with E-state index in [9.17, 15) is 13.2 Å². The van der Waals surface area contributed by atoms with Crippen LogP contribution in [0.2, 0.25) is 10.0 Å². The molecule has 0 atom stereocenters. The molecule has 1 aromatic heterocycles. The molecule has 0 unspecified atom stereocenters. The second-order valence-electron chi connectivity index (χ2n) is 7.75. The maximum absolute atomic E-state index is 12.5. The van der Waals surface area contributed by atoms with Crippen molar-refractivity contribution in [3.05, 3.63) is 75.5 Å². The van der Waals surface area contributed by atoms with Gasteiger partial charge in [-0.3, -0.25) is 9.10 Å². The molecular formula is C24H26Cl2N4O4S. The molecule has 1 amide bonds. The minimum atomic E-state index is -3.71. The normalized spacial score (nSPS) is 11.6. The molecule has 0 aliphatic heterocycles. The van der Waals surface area contributed by atoms with Gasteiger partial charge in [-0.2, -0.15) is 5.10 Å². The Balaban J connectivity index is 1.74. The molecular weight excluding hydrogens is 511 g/mol. The summed E-state index contributed by atoms with van der Waals surface area (Å²) in [4.78, 5) is 12.5. The summed E-state index contributed by atoms with van der Waals surface area (Å²) in [7, 11) is -3.71. The molecule has 186 valence electrons. The monoisotopic (exact) mass is 536 g/mol. The zero-order valence-corrected chi connectivity index (χ0v) is 22.1. The van der Waals surface area contributed by atoms with E-state index in [0.29, 0.717) is 28.1 Å². The van der Waals surface area contributed by atoms with E-state index in [1.807, 2.05) is 31.4 Å². The Kier molecular flexibility index (Phi) is 8.47. The number of hydrogen-bond donors (Lipinski definition) is 1. The molecule has 3 rings (SSSR count). The number of nitrogens with zero attached hydrogens (tertiary/aromatic N) is 3. The highest BCUT2D eigenvalue weighted by Gasteiger charge is 2.21. The predicted molar refractivity (Wildman–Crippen MR) is 141 cm³/mol. The van der Waals surface area contributed by atoms with Crippen molar-refractivity contribution in [2.45, 2.75) is 20.8 Å². The molecule has 0 saturated carbocycles. The molecule has 35 heavy (non-hydrogen) atoms. The number of halogens is 2. The van der Waals surface area contributed by atoms with Crippen molar-refractivity contribution in [3.63, 3.8) is 0 Å². The molecule has 0 radical (unpaired) electrons. The number of carbonyl (C=O) groups excluding carboxylic acids is 1. The predicted octanol–water partition coefficient (Wildman–Crippen LogP) is 4.72. The fraction of sp³-hybridized carbons (Fsp3) is 0.250. The van der Waals surface area contributed by atoms with Gasteiger partial charge in [0.15, 0.2) is 0 Å². The van der Waals surface area contributed by atoms with Crippen LogP contribution < -0.4 is 14.5 Å². The number of hydrazone groups is 1. The number of rotatable bonds is 9. The van der Waals surface area contributed by atoms with Gasteiger partial charge in [0.1, 0.15) is 12.3 Å². The van der Waals surface area contributed by atoms with Crippen LogP contribution in [-0.4, -0.2) is 44.5 Å². The number of nitrogens with one attached hydrogen (secondary N) is 1. The Bertz CT molecular complexity index is 1350. The second kappa shape index (κ2) is 11.2. The van der Waals surface area contributed by atoms with Gasteiger partial charge < -0.3 is 9.30 Å². The van der Waals surface area contributed by atoms with Gasteiger partial charge in [-0.25, -0.2) is 13.8 Å². The summed E-state index contributed by atoms with van der Waals surface area (Å²) in [6.07, 6.45) is 2.53. The number of aromatic nitrogens is 1. The number of hydrogen-bond acceptors (Lipinski definition) is 5. The third kappa shape index (κ3) is 6.56. The van der Waals surface area contributed by atoms with Gasteiger partial charge >= 0.3 is 0 Å². The summed E-state index contributed by atoms with van der Waals surface area (Å²) in [5, 5.41) is 5.12. The Morgan fingerprint density at radius 3 is 2.46 bits per heavy atom. The molecule has 0 aliphatic carbocycles. The van der Waals surface area contributed by atoms with E-state index in [1.54, 1.807) is 42.5 Å². The average Bonchev–Trinajstić information content (AvgIpc) is 3.07. The maximum atomic E-state index is 12.5. The van der Waals surface area contributed by atoms with Gasteiger partial charge in [0.25, 0.3) is 5.91 Å². The molecule has 0 bridgehead atoms. The summed E-state index contributed by atoms with van der Waals surface area (Å²) in [6, 6.07) is 13.6. The molecule has 8 nitrogen and oxygen atoms in total. The number of aryl methyl sites for hydroxylation is 1. The summed E-state index contributed by atoms with van der Waals surface area (Å²) in [6.45, 7) is 5.72. The summed E-state index contributed by atoms with van der Waals surface area (Å²) in [5.74, 6) is 0.0164. The fourth-order valence-corrected chi connectivity index (χ4v) is 4.79. The highest BCUT2D eigenvalue weighted by atomic mass is 35.5. The SMILES string of the molecule is CCOc1ccc(N(CC(=O)N/N=C/c2cc(C)n(-c3cc(Cl)ccc3Cl)c2C)S(C)(=O)=O)cc1. The lowest BCUT2D eigenvalue weighted by Crippen LogP contribution is -2.39. The fourth-order valence-electron chi connectivity index (χ4n) is 3.56. The highest BCUT2D eigenvalue weighted by Crippen LogP contribution is 2.28. The van der Waals surface area contributed by atoms with Crippen molar-refractivity contribution in [1.82, 2.24) is 9.99 Å². The first-order valence-corrected chi connectivity index (χ1v) is 13.3. The molecule has 2 aromatic carbocycles. The third-order valence-electron chi connectivity index (χ3n) is 5.14. The van der Waals surface area contributed by atoms with Crippen molar-refractivity contribution >= 4 is 51.0 Å². The van der Waals surface area contributed by atoms with Crippen molar-refractivity contribution in [2.75, 3.05) is 23.7 Å². The van der Waals surface area contributed by atoms with Crippen LogP contribution in [0.1, 0.15) is 23.9 Å². The Morgan fingerprint density at radius 2 is 1.83 bits per heavy atom.